The molecule has 0 aliphatic rings. The van der Waals surface area contributed by atoms with Gasteiger partial charge in [-0.25, -0.2) is 0 Å². The summed E-state index contributed by atoms with van der Waals surface area (Å²) in [4.78, 5) is 0. The van der Waals surface area contributed by atoms with Crippen LogP contribution in [0.5, 0.6) is 0 Å². The first kappa shape index (κ1) is 13.0. The molecule has 1 heterocycles. The summed E-state index contributed by atoms with van der Waals surface area (Å²) in [6, 6.07) is 8.41. The van der Waals surface area contributed by atoms with Crippen molar-refractivity contribution in [2.75, 3.05) is 0 Å². The molecule has 0 amide bonds. The Hall–Kier alpha value is -1.41. The van der Waals surface area contributed by atoms with Crippen LogP contribution in [0.2, 0.25) is 11.4 Å². The molecule has 1 aromatic heterocycles. The predicted molar refractivity (Wildman–Crippen MR) is 74.3 cm³/mol. The Morgan fingerprint density at radius 3 is 2.28 bits per heavy atom. The monoisotopic (exact) mass is 305 g/mol. The maximum atomic E-state index is 4.27. The third kappa shape index (κ3) is 2.88. The first-order chi connectivity index (χ1) is 8.58. The van der Waals surface area contributed by atoms with E-state index in [9.17, 15) is 0 Å². The minimum atomic E-state index is -0.778. The van der Waals surface area contributed by atoms with E-state index < -0.39 is 14.7 Å². The van der Waals surface area contributed by atoms with E-state index in [1.165, 1.54) is 4.35 Å². The molecule has 0 N–H and O–H groups in total. The van der Waals surface area contributed by atoms with Crippen molar-refractivity contribution in [1.29, 1.82) is 0 Å². The number of hydrogen-bond donors (Lipinski definition) is 0. The molecular formula is C13H18AsN4+. The third-order valence-corrected chi connectivity index (χ3v) is 5.56. The van der Waals surface area contributed by atoms with Crippen LogP contribution in [0.3, 0.4) is 0 Å². The van der Waals surface area contributed by atoms with Crippen LogP contribution in [0, 0.1) is 0 Å². The summed E-state index contributed by atoms with van der Waals surface area (Å²) < 4.78 is 5.35. The number of imidazole rings is 1. The normalized spacial score (nSPS) is 11.6. The van der Waals surface area contributed by atoms with Crippen molar-refractivity contribution in [3.05, 3.63) is 36.7 Å². The second-order valence-corrected chi connectivity index (χ2v) is 9.27. The molecular weight excluding hydrogens is 287 g/mol. The van der Waals surface area contributed by atoms with Gasteiger partial charge in [-0.3, -0.25) is 0 Å². The van der Waals surface area contributed by atoms with Crippen LogP contribution in [0.4, 0.5) is 11.6 Å². The second-order valence-electron chi connectivity index (χ2n) is 4.43. The van der Waals surface area contributed by atoms with Crippen molar-refractivity contribution < 1.29 is 4.57 Å². The van der Waals surface area contributed by atoms with Crippen molar-refractivity contribution in [2.24, 2.45) is 24.3 Å². The van der Waals surface area contributed by atoms with Gasteiger partial charge in [0.2, 0.25) is 0 Å². The molecule has 2 rings (SSSR count). The maximum absolute atomic E-state index is 4.27. The molecule has 5 heteroatoms. The Morgan fingerprint density at radius 1 is 1.11 bits per heavy atom. The summed E-state index contributed by atoms with van der Waals surface area (Å²) in [5.74, 6) is 0.831. The number of nitrogens with zero attached hydrogens (tertiary/aromatic N) is 4. The Kier molecular flexibility index (Phi) is 3.97. The third-order valence-electron chi connectivity index (χ3n) is 2.77. The number of aromatic nitrogens is 2. The van der Waals surface area contributed by atoms with Crippen molar-refractivity contribution in [2.45, 2.75) is 11.4 Å². The van der Waals surface area contributed by atoms with E-state index >= 15 is 0 Å². The van der Waals surface area contributed by atoms with Crippen molar-refractivity contribution in [1.82, 2.24) is 4.57 Å². The van der Waals surface area contributed by atoms with Crippen LogP contribution >= 0.6 is 0 Å². The molecule has 1 aromatic carbocycles. The molecule has 18 heavy (non-hydrogen) atoms. The minimum absolute atomic E-state index is 0.778. The van der Waals surface area contributed by atoms with Gasteiger partial charge in [0.15, 0.2) is 0 Å². The fraction of sp³-hybridized carbons (Fsp3) is 0.308. The van der Waals surface area contributed by atoms with Gasteiger partial charge in [-0.1, -0.05) is 0 Å². The average Bonchev–Trinajstić information content (AvgIpc) is 2.67. The van der Waals surface area contributed by atoms with Crippen molar-refractivity contribution >= 4 is 30.6 Å². The Bertz CT molecular complexity index is 535. The number of aryl methyl sites for hydroxylation is 2. The number of azo groups is 1. The average molecular weight is 305 g/mol. The van der Waals surface area contributed by atoms with Gasteiger partial charge >= 0.3 is 112 Å². The van der Waals surface area contributed by atoms with E-state index in [4.69, 9.17) is 0 Å². The number of benzene rings is 1. The molecule has 0 saturated heterocycles. The molecule has 0 aliphatic carbocycles. The predicted octanol–water partition coefficient (Wildman–Crippen LogP) is 2.23. The summed E-state index contributed by atoms with van der Waals surface area (Å²) >= 11 is -0.778. The van der Waals surface area contributed by atoms with Crippen LogP contribution in [-0.2, 0) is 14.1 Å². The summed E-state index contributed by atoms with van der Waals surface area (Å²) in [5.41, 5.74) is 5.55. The molecule has 0 fully saturated rings. The van der Waals surface area contributed by atoms with Crippen LogP contribution < -0.4 is 8.92 Å². The van der Waals surface area contributed by atoms with E-state index in [2.05, 4.69) is 33.8 Å². The molecule has 0 unspecified atom stereocenters. The summed E-state index contributed by atoms with van der Waals surface area (Å²) in [7, 11) is 3.92. The number of rotatable bonds is 3. The Morgan fingerprint density at radius 2 is 1.78 bits per heavy atom. The molecule has 0 aliphatic heterocycles. The summed E-state index contributed by atoms with van der Waals surface area (Å²) in [6.45, 7) is 0. The molecule has 0 spiro atoms. The molecule has 0 radical (unpaired) electrons. The zero-order valence-corrected chi connectivity index (χ0v) is 13.1. The topological polar surface area (TPSA) is 33.5 Å². The molecule has 0 atom stereocenters. The van der Waals surface area contributed by atoms with E-state index in [0.29, 0.717) is 0 Å². The van der Waals surface area contributed by atoms with E-state index in [0.717, 1.165) is 11.6 Å². The first-order valence-corrected chi connectivity index (χ1v) is 10.5. The molecule has 0 bridgehead atoms. The number of hydrogen-bond acceptors (Lipinski definition) is 2. The van der Waals surface area contributed by atoms with E-state index in [1.54, 1.807) is 0 Å². The van der Waals surface area contributed by atoms with Gasteiger partial charge in [0.05, 0.1) is 0 Å². The van der Waals surface area contributed by atoms with Gasteiger partial charge in [0, 0.05) is 0 Å². The van der Waals surface area contributed by atoms with Crippen molar-refractivity contribution in [3.63, 3.8) is 0 Å². The van der Waals surface area contributed by atoms with Gasteiger partial charge in [-0.05, 0) is 0 Å². The molecule has 94 valence electrons. The zero-order chi connectivity index (χ0) is 13.1. The Balaban J connectivity index is 2.19. The van der Waals surface area contributed by atoms with Gasteiger partial charge in [0.25, 0.3) is 0 Å². The van der Waals surface area contributed by atoms with Gasteiger partial charge in [0.1, 0.15) is 0 Å². The van der Waals surface area contributed by atoms with Crippen molar-refractivity contribution in [3.8, 4) is 0 Å². The SMILES string of the molecule is Cn1cc[n+](C)c1N=Nc1ccc([As](C)C)cc1. The summed E-state index contributed by atoms with van der Waals surface area (Å²) in [6.07, 6.45) is 3.92. The van der Waals surface area contributed by atoms with Gasteiger partial charge in [-0.2, -0.15) is 0 Å². The quantitative estimate of drug-likeness (QED) is 0.473. The molecule has 0 saturated carbocycles. The van der Waals surface area contributed by atoms with Crippen LogP contribution in [0.25, 0.3) is 0 Å². The van der Waals surface area contributed by atoms with E-state index in [-0.39, 0.29) is 0 Å². The molecule has 2 aromatic rings. The van der Waals surface area contributed by atoms with Gasteiger partial charge in [-0.15, -0.1) is 0 Å². The fourth-order valence-electron chi connectivity index (χ4n) is 1.64. The van der Waals surface area contributed by atoms with Crippen LogP contribution in [0.1, 0.15) is 0 Å². The summed E-state index contributed by atoms with van der Waals surface area (Å²) in [5, 5.41) is 8.54. The van der Waals surface area contributed by atoms with Crippen LogP contribution in [0.15, 0.2) is 46.9 Å². The fourth-order valence-corrected chi connectivity index (χ4v) is 3.21. The first-order valence-electron chi connectivity index (χ1n) is 5.78. The standard InChI is InChI=1S/C13H18AsN4/c1-14(2)11-5-7-12(8-6-11)15-16-13-17(3)9-10-18(13)4/h5-10H,1-4H3/q+1. The van der Waals surface area contributed by atoms with Crippen LogP contribution in [-0.4, -0.2) is 19.2 Å². The zero-order valence-electron chi connectivity index (χ0n) is 11.2. The second kappa shape index (κ2) is 5.49. The molecule has 4 nitrogen and oxygen atoms in total. The van der Waals surface area contributed by atoms with Gasteiger partial charge < -0.3 is 0 Å². The van der Waals surface area contributed by atoms with E-state index in [1.807, 2.05) is 47.8 Å². The Labute approximate surface area is 112 Å².